The van der Waals surface area contributed by atoms with Crippen LogP contribution in [0.25, 0.3) is 0 Å². The van der Waals surface area contributed by atoms with E-state index in [1.54, 1.807) is 0 Å². The van der Waals surface area contributed by atoms with E-state index in [0.29, 0.717) is 0 Å². The molecule has 0 aromatic rings. The number of rotatable bonds is 3. The average molecular weight is 260 g/mol. The third-order valence-corrected chi connectivity index (χ3v) is 7.59. The molecule has 1 rings (SSSR count). The molecule has 1 aliphatic rings. The largest absolute Gasteiger partial charge is 0.347 e. The third kappa shape index (κ3) is 4.05. The third-order valence-electron chi connectivity index (χ3n) is 2.25. The molecule has 78 valence electrons. The Balaban J connectivity index is 2.56. The lowest BCUT2D eigenvalue weighted by Crippen LogP contribution is -2.12. The van der Waals surface area contributed by atoms with Crippen molar-refractivity contribution in [3.8, 4) is 0 Å². The Morgan fingerprint density at radius 3 is 2.31 bits per heavy atom. The summed E-state index contributed by atoms with van der Waals surface area (Å²) >= 11 is 9.52. The van der Waals surface area contributed by atoms with E-state index >= 15 is 0 Å². The van der Waals surface area contributed by atoms with Crippen molar-refractivity contribution in [1.29, 1.82) is 0 Å². The highest BCUT2D eigenvalue weighted by Crippen LogP contribution is 2.58. The van der Waals surface area contributed by atoms with Crippen molar-refractivity contribution in [2.75, 3.05) is 0 Å². The minimum absolute atomic E-state index is 0.0614. The predicted molar refractivity (Wildman–Crippen MR) is 62.4 cm³/mol. The molecular weight excluding hydrogens is 246 g/mol. The second kappa shape index (κ2) is 5.32. The zero-order valence-electron chi connectivity index (χ0n) is 7.18. The fourth-order valence-electron chi connectivity index (χ4n) is 1.59. The Hall–Kier alpha value is 1.18. The van der Waals surface area contributed by atoms with Crippen LogP contribution in [0.2, 0.25) is 0 Å². The zero-order valence-corrected chi connectivity index (χ0v) is 10.7. The van der Waals surface area contributed by atoms with E-state index in [0.717, 1.165) is 25.7 Å². The second-order valence-electron chi connectivity index (χ2n) is 3.21. The Bertz CT molecular complexity index is 240. The zero-order chi connectivity index (χ0) is 9.90. The Kier molecular flexibility index (Phi) is 5.01. The van der Waals surface area contributed by atoms with Gasteiger partial charge in [0.05, 0.1) is 0 Å². The molecule has 0 radical (unpaired) electrons. The molecule has 0 bridgehead atoms. The van der Waals surface area contributed by atoms with Gasteiger partial charge in [0, 0.05) is 5.66 Å². The van der Waals surface area contributed by atoms with Crippen LogP contribution in [-0.2, 0) is 27.9 Å². The average Bonchev–Trinajstić information content (AvgIpc) is 2.04. The van der Waals surface area contributed by atoms with E-state index in [1.165, 1.54) is 6.42 Å². The quantitative estimate of drug-likeness (QED) is 0.761. The van der Waals surface area contributed by atoms with Gasteiger partial charge in [-0.15, -0.1) is 0 Å². The fraction of sp³-hybridized carbons (Fsp3) is 1.00. The van der Waals surface area contributed by atoms with E-state index in [1.807, 2.05) is 0 Å². The van der Waals surface area contributed by atoms with Crippen LogP contribution in [-0.4, -0.2) is 15.4 Å². The van der Waals surface area contributed by atoms with Crippen LogP contribution in [0.15, 0.2) is 0 Å². The predicted octanol–water partition coefficient (Wildman–Crippen LogP) is 2.14. The summed E-state index contributed by atoms with van der Waals surface area (Å²) in [6.07, 6.45) is 5.23. The van der Waals surface area contributed by atoms with Gasteiger partial charge in [-0.2, -0.15) is 0 Å². The van der Waals surface area contributed by atoms with Gasteiger partial charge in [0.25, 0.3) is 0 Å². The van der Waals surface area contributed by atoms with Crippen molar-refractivity contribution in [2.24, 2.45) is 0 Å². The number of hydrogen-bond acceptors (Lipinski definition) is 3. The number of hydrogen-bond donors (Lipinski definition) is 2. The summed E-state index contributed by atoms with van der Waals surface area (Å²) in [5, 5.41) is 0. The van der Waals surface area contributed by atoms with Gasteiger partial charge in [-0.05, 0) is 36.5 Å². The Morgan fingerprint density at radius 2 is 1.85 bits per heavy atom. The molecule has 0 spiro atoms. The van der Waals surface area contributed by atoms with Gasteiger partial charge in [-0.1, -0.05) is 19.3 Å². The Labute approximate surface area is 89.3 Å². The van der Waals surface area contributed by atoms with Crippen LogP contribution in [0.4, 0.5) is 0 Å². The van der Waals surface area contributed by atoms with Crippen molar-refractivity contribution >= 4 is 37.3 Å². The molecule has 0 aliphatic heterocycles. The SMILES string of the molecule is O[PH](=S)OP(O)(=S)C1CCCCC1. The highest BCUT2D eigenvalue weighted by Gasteiger charge is 2.29. The normalized spacial score (nSPS) is 26.6. The maximum absolute atomic E-state index is 9.81. The van der Waals surface area contributed by atoms with Gasteiger partial charge >= 0.3 is 0 Å². The molecule has 0 heterocycles. The first-order valence-electron chi connectivity index (χ1n) is 4.27. The van der Waals surface area contributed by atoms with Gasteiger partial charge in [-0.25, -0.2) is 0 Å². The first kappa shape index (κ1) is 12.3. The van der Waals surface area contributed by atoms with E-state index in [2.05, 4.69) is 11.8 Å². The van der Waals surface area contributed by atoms with Gasteiger partial charge in [0.1, 0.15) is 0 Å². The highest BCUT2D eigenvalue weighted by molar-refractivity contribution is 8.13. The van der Waals surface area contributed by atoms with E-state index in [4.69, 9.17) is 21.0 Å². The van der Waals surface area contributed by atoms with Crippen LogP contribution in [0.5, 0.6) is 0 Å². The molecule has 0 aromatic heterocycles. The fourth-order valence-corrected chi connectivity index (χ4v) is 6.82. The van der Waals surface area contributed by atoms with Gasteiger partial charge < -0.3 is 9.79 Å². The first-order chi connectivity index (χ1) is 6.02. The molecular formula is C6H14O3P2S2. The molecule has 2 unspecified atom stereocenters. The minimum Gasteiger partial charge on any atom is -0.347 e. The Morgan fingerprint density at radius 1 is 1.31 bits per heavy atom. The lowest BCUT2D eigenvalue weighted by Gasteiger charge is -2.28. The molecule has 0 saturated heterocycles. The van der Waals surface area contributed by atoms with Crippen LogP contribution < -0.4 is 0 Å². The standard InChI is InChI=1S/C6H14O3P2S2/c7-10(12)9-11(8,13)6-4-2-1-3-5-6/h6,10H,1-5H2,(H,7,12)(H,8,13). The molecule has 1 aliphatic carbocycles. The van der Waals surface area contributed by atoms with Crippen molar-refractivity contribution in [2.45, 2.75) is 37.8 Å². The summed E-state index contributed by atoms with van der Waals surface area (Å²) in [5.74, 6) is 0. The first-order valence-corrected chi connectivity index (χ1v) is 9.50. The topological polar surface area (TPSA) is 49.7 Å². The lowest BCUT2D eigenvalue weighted by molar-refractivity contribution is 0.419. The van der Waals surface area contributed by atoms with Crippen molar-refractivity contribution in [3.63, 3.8) is 0 Å². The molecule has 7 heteroatoms. The van der Waals surface area contributed by atoms with E-state index < -0.39 is 13.6 Å². The molecule has 1 saturated carbocycles. The van der Waals surface area contributed by atoms with E-state index in [9.17, 15) is 4.89 Å². The van der Waals surface area contributed by atoms with Crippen molar-refractivity contribution in [1.82, 2.24) is 0 Å². The van der Waals surface area contributed by atoms with Crippen molar-refractivity contribution in [3.05, 3.63) is 0 Å². The summed E-state index contributed by atoms with van der Waals surface area (Å²) in [4.78, 5) is 18.7. The minimum atomic E-state index is -2.80. The van der Waals surface area contributed by atoms with Gasteiger partial charge in [0.2, 0.25) is 0 Å². The lowest BCUT2D eigenvalue weighted by atomic mass is 10.0. The molecule has 2 N–H and O–H groups in total. The molecule has 13 heavy (non-hydrogen) atoms. The van der Waals surface area contributed by atoms with Crippen LogP contribution >= 0.6 is 13.6 Å². The van der Waals surface area contributed by atoms with Crippen molar-refractivity contribution < 1.29 is 14.1 Å². The van der Waals surface area contributed by atoms with Crippen LogP contribution in [0.1, 0.15) is 32.1 Å². The summed E-state index contributed by atoms with van der Waals surface area (Å²) in [6, 6.07) is 0. The molecule has 1 fully saturated rings. The molecule has 3 nitrogen and oxygen atoms in total. The van der Waals surface area contributed by atoms with Crippen LogP contribution in [0, 0.1) is 0 Å². The molecule has 2 atom stereocenters. The molecule has 0 aromatic carbocycles. The summed E-state index contributed by atoms with van der Waals surface area (Å²) in [5.41, 5.74) is 0.0614. The maximum Gasteiger partial charge on any atom is 0.194 e. The molecule has 0 amide bonds. The second-order valence-corrected chi connectivity index (χ2v) is 8.95. The van der Waals surface area contributed by atoms with Crippen LogP contribution in [0.3, 0.4) is 0 Å². The van der Waals surface area contributed by atoms with E-state index in [-0.39, 0.29) is 5.66 Å². The van der Waals surface area contributed by atoms with Gasteiger partial charge in [0.15, 0.2) is 13.6 Å². The maximum atomic E-state index is 9.81. The summed E-state index contributed by atoms with van der Waals surface area (Å²) in [7, 11) is -2.26. The smallest absolute Gasteiger partial charge is 0.194 e. The van der Waals surface area contributed by atoms with Gasteiger partial charge in [-0.3, -0.25) is 4.31 Å². The summed E-state index contributed by atoms with van der Waals surface area (Å²) < 4.78 is 4.93. The summed E-state index contributed by atoms with van der Waals surface area (Å²) in [6.45, 7) is -2.80. The monoisotopic (exact) mass is 260 g/mol. The highest BCUT2D eigenvalue weighted by atomic mass is 32.5.